The van der Waals surface area contributed by atoms with Gasteiger partial charge in [0.2, 0.25) is 0 Å². The predicted octanol–water partition coefficient (Wildman–Crippen LogP) is 6.35. The lowest BCUT2D eigenvalue weighted by Gasteiger charge is -2.24. The summed E-state index contributed by atoms with van der Waals surface area (Å²) in [4.78, 5) is 12.7. The summed E-state index contributed by atoms with van der Waals surface area (Å²) >= 11 is 7.82. The number of halogens is 2. The number of nitrogens with zero attached hydrogens (tertiary/aromatic N) is 3. The number of carbonyl (C=O) groups is 1. The number of carbonyl (C=O) groups excluding carboxylic acids is 1. The van der Waals surface area contributed by atoms with E-state index < -0.39 is 0 Å². The normalized spacial score (nSPS) is 15.2. The highest BCUT2D eigenvalue weighted by Gasteiger charge is 2.23. The number of hydrogen-bond acceptors (Lipinski definition) is 4. The zero-order valence-corrected chi connectivity index (χ0v) is 20.9. The van der Waals surface area contributed by atoms with Gasteiger partial charge in [0.1, 0.15) is 5.82 Å². The van der Waals surface area contributed by atoms with Crippen LogP contribution in [0.2, 0.25) is 5.02 Å². The fourth-order valence-electron chi connectivity index (χ4n) is 4.17. The highest BCUT2D eigenvalue weighted by Crippen LogP contribution is 2.30. The molecule has 4 rings (SSSR count). The van der Waals surface area contributed by atoms with Gasteiger partial charge in [-0.1, -0.05) is 60.8 Å². The van der Waals surface area contributed by atoms with Crippen LogP contribution in [0.5, 0.6) is 0 Å². The maximum atomic E-state index is 13.3. The highest BCUT2D eigenvalue weighted by atomic mass is 35.5. The Morgan fingerprint density at radius 3 is 2.65 bits per heavy atom. The lowest BCUT2D eigenvalue weighted by atomic mass is 9.96. The van der Waals surface area contributed by atoms with Gasteiger partial charge in [0.15, 0.2) is 11.0 Å². The molecule has 9 heteroatoms. The van der Waals surface area contributed by atoms with E-state index in [4.69, 9.17) is 11.6 Å². The number of thioether (sulfide) groups is 1. The van der Waals surface area contributed by atoms with Crippen molar-refractivity contribution in [3.8, 4) is 5.69 Å². The second kappa shape index (κ2) is 11.2. The molecule has 1 aliphatic carbocycles. The van der Waals surface area contributed by atoms with E-state index in [1.165, 1.54) is 30.3 Å². The maximum Gasteiger partial charge on any atom is 0.315 e. The number of aromatic nitrogens is 3. The third-order valence-corrected chi connectivity index (χ3v) is 7.26. The van der Waals surface area contributed by atoms with Gasteiger partial charge in [-0.05, 0) is 62.1 Å². The predicted molar refractivity (Wildman–Crippen MR) is 134 cm³/mol. The van der Waals surface area contributed by atoms with E-state index in [1.54, 1.807) is 12.1 Å². The van der Waals surface area contributed by atoms with Crippen molar-refractivity contribution in [3.63, 3.8) is 0 Å². The molecule has 1 fully saturated rings. The SMILES string of the molecule is Cc1ccc(Cl)cc1-n1c(SCc2ccc(F)cc2)nnc1C(C)NC(=O)NC1CCCCC1. The molecule has 2 N–H and O–H groups in total. The minimum absolute atomic E-state index is 0.197. The van der Waals surface area contributed by atoms with Crippen molar-refractivity contribution in [3.05, 3.63) is 70.3 Å². The quantitative estimate of drug-likeness (QED) is 0.370. The van der Waals surface area contributed by atoms with Crippen LogP contribution in [0.25, 0.3) is 5.69 Å². The van der Waals surface area contributed by atoms with Crippen molar-refractivity contribution in [2.24, 2.45) is 0 Å². The summed E-state index contributed by atoms with van der Waals surface area (Å²) in [5.74, 6) is 0.952. The molecule has 0 aliphatic heterocycles. The Hall–Kier alpha value is -2.58. The van der Waals surface area contributed by atoms with Gasteiger partial charge in [0.25, 0.3) is 0 Å². The lowest BCUT2D eigenvalue weighted by Crippen LogP contribution is -2.44. The van der Waals surface area contributed by atoms with Crippen LogP contribution >= 0.6 is 23.4 Å². The summed E-state index contributed by atoms with van der Waals surface area (Å²) in [6.07, 6.45) is 5.57. The number of amides is 2. The van der Waals surface area contributed by atoms with Crippen molar-refractivity contribution < 1.29 is 9.18 Å². The molecule has 0 radical (unpaired) electrons. The number of nitrogens with one attached hydrogen (secondary N) is 2. The lowest BCUT2D eigenvalue weighted by molar-refractivity contribution is 0.229. The first-order chi connectivity index (χ1) is 16.4. The molecule has 1 unspecified atom stereocenters. The zero-order chi connectivity index (χ0) is 24.1. The molecule has 1 aliphatic rings. The molecule has 2 amide bonds. The van der Waals surface area contributed by atoms with Crippen molar-refractivity contribution in [1.82, 2.24) is 25.4 Å². The topological polar surface area (TPSA) is 71.8 Å². The Morgan fingerprint density at radius 2 is 1.91 bits per heavy atom. The van der Waals surface area contributed by atoms with Gasteiger partial charge in [-0.2, -0.15) is 0 Å². The smallest absolute Gasteiger partial charge is 0.315 e. The first kappa shape index (κ1) is 24.5. The van der Waals surface area contributed by atoms with Gasteiger partial charge in [0.05, 0.1) is 11.7 Å². The maximum absolute atomic E-state index is 13.3. The third kappa shape index (κ3) is 6.10. The first-order valence-corrected chi connectivity index (χ1v) is 12.9. The molecule has 2 aromatic carbocycles. The molecular formula is C25H29ClFN5OS. The van der Waals surface area contributed by atoms with E-state index in [0.29, 0.717) is 21.8 Å². The van der Waals surface area contributed by atoms with Crippen molar-refractivity contribution in [2.45, 2.75) is 68.9 Å². The Kier molecular flexibility index (Phi) is 8.11. The number of urea groups is 1. The average molecular weight is 502 g/mol. The van der Waals surface area contributed by atoms with Gasteiger partial charge >= 0.3 is 6.03 Å². The molecule has 34 heavy (non-hydrogen) atoms. The van der Waals surface area contributed by atoms with E-state index in [9.17, 15) is 9.18 Å². The Morgan fingerprint density at radius 1 is 1.18 bits per heavy atom. The van der Waals surface area contributed by atoms with Gasteiger partial charge in [0, 0.05) is 16.8 Å². The number of hydrogen-bond donors (Lipinski definition) is 2. The van der Waals surface area contributed by atoms with E-state index >= 15 is 0 Å². The van der Waals surface area contributed by atoms with Crippen molar-refractivity contribution >= 4 is 29.4 Å². The van der Waals surface area contributed by atoms with Crippen LogP contribution in [-0.2, 0) is 5.75 Å². The van der Waals surface area contributed by atoms with Gasteiger partial charge in [-0.15, -0.1) is 10.2 Å². The molecule has 1 aromatic heterocycles. The molecule has 1 saturated carbocycles. The summed E-state index contributed by atoms with van der Waals surface area (Å²) < 4.78 is 15.2. The summed E-state index contributed by atoms with van der Waals surface area (Å²) in [5, 5.41) is 16.3. The highest BCUT2D eigenvalue weighted by molar-refractivity contribution is 7.98. The van der Waals surface area contributed by atoms with Crippen LogP contribution < -0.4 is 10.6 Å². The van der Waals surface area contributed by atoms with E-state index in [0.717, 1.165) is 42.5 Å². The van der Waals surface area contributed by atoms with E-state index in [-0.39, 0.29) is 23.9 Å². The average Bonchev–Trinajstić information content (AvgIpc) is 3.25. The van der Waals surface area contributed by atoms with Crippen molar-refractivity contribution in [1.29, 1.82) is 0 Å². The van der Waals surface area contributed by atoms with Gasteiger partial charge < -0.3 is 10.6 Å². The monoisotopic (exact) mass is 501 g/mol. The molecule has 6 nitrogen and oxygen atoms in total. The molecule has 180 valence electrons. The minimum Gasteiger partial charge on any atom is -0.335 e. The molecule has 1 heterocycles. The van der Waals surface area contributed by atoms with Gasteiger partial charge in [-0.3, -0.25) is 4.57 Å². The fourth-order valence-corrected chi connectivity index (χ4v) is 5.24. The largest absolute Gasteiger partial charge is 0.335 e. The van der Waals surface area contributed by atoms with E-state index in [2.05, 4.69) is 20.8 Å². The summed E-state index contributed by atoms with van der Waals surface area (Å²) in [7, 11) is 0. The van der Waals surface area contributed by atoms with Crippen LogP contribution in [0, 0.1) is 12.7 Å². The first-order valence-electron chi connectivity index (χ1n) is 11.6. The van der Waals surface area contributed by atoms with Crippen LogP contribution in [0.15, 0.2) is 47.6 Å². The van der Waals surface area contributed by atoms with Crippen molar-refractivity contribution in [2.75, 3.05) is 0 Å². The molecule has 1 atom stereocenters. The molecule has 3 aromatic rings. The second-order valence-electron chi connectivity index (χ2n) is 8.70. The van der Waals surface area contributed by atoms with Gasteiger partial charge in [-0.25, -0.2) is 9.18 Å². The summed E-state index contributed by atoms with van der Waals surface area (Å²) in [5.41, 5.74) is 2.84. The molecular weight excluding hydrogens is 473 g/mol. The molecule has 0 saturated heterocycles. The summed E-state index contributed by atoms with van der Waals surface area (Å²) in [6, 6.07) is 11.7. The summed E-state index contributed by atoms with van der Waals surface area (Å²) in [6.45, 7) is 3.90. The minimum atomic E-state index is -0.380. The Bertz CT molecular complexity index is 1130. The number of benzene rings is 2. The Balaban J connectivity index is 1.57. The third-order valence-electron chi connectivity index (χ3n) is 6.03. The van der Waals surface area contributed by atoms with Crippen LogP contribution in [0.1, 0.15) is 62.0 Å². The molecule has 0 spiro atoms. The number of aryl methyl sites for hydroxylation is 1. The van der Waals surface area contributed by atoms with Crippen LogP contribution in [0.4, 0.5) is 9.18 Å². The fraction of sp³-hybridized carbons (Fsp3) is 0.400. The molecule has 0 bridgehead atoms. The second-order valence-corrected chi connectivity index (χ2v) is 10.1. The van der Waals surface area contributed by atoms with Crippen LogP contribution in [0.3, 0.4) is 0 Å². The number of rotatable bonds is 7. The Labute approximate surface area is 208 Å². The van der Waals surface area contributed by atoms with Crippen LogP contribution in [-0.4, -0.2) is 26.8 Å². The standard InChI is InChI=1S/C25H29ClFN5OS/c1-16-8-11-19(26)14-22(16)32-23(17(2)28-24(33)29-21-6-4-3-5-7-21)30-31-25(32)34-15-18-9-12-20(27)13-10-18/h8-14,17,21H,3-7,15H2,1-2H3,(H2,28,29,33). The zero-order valence-electron chi connectivity index (χ0n) is 19.4. The van der Waals surface area contributed by atoms with E-state index in [1.807, 2.05) is 36.6 Å².